The number of carbonyl (C=O) groups excluding carboxylic acids is 2. The van der Waals surface area contributed by atoms with Gasteiger partial charge in [-0.2, -0.15) is 0 Å². The number of fused-ring (bicyclic) bond motifs is 4. The molecule has 0 aliphatic carbocycles. The molecule has 0 atom stereocenters. The zero-order valence-corrected chi connectivity index (χ0v) is 17.7. The van der Waals surface area contributed by atoms with Gasteiger partial charge in [0.2, 0.25) is 0 Å². The SMILES string of the molecule is [C-]#[N+]c1ccccc1-c1ccc2c(c1)c1ccccc1n2-c1cccc2c1C(=O)N(C)C2=O. The van der Waals surface area contributed by atoms with E-state index in [9.17, 15) is 9.59 Å². The van der Waals surface area contributed by atoms with E-state index in [2.05, 4.69) is 21.5 Å². The smallest absolute Gasteiger partial charge is 0.263 e. The van der Waals surface area contributed by atoms with Gasteiger partial charge in [-0.1, -0.05) is 54.6 Å². The topological polar surface area (TPSA) is 46.7 Å². The van der Waals surface area contributed by atoms with Gasteiger partial charge in [-0.05, 0) is 41.5 Å². The lowest BCUT2D eigenvalue weighted by atomic mass is 10.0. The summed E-state index contributed by atoms with van der Waals surface area (Å²) >= 11 is 0. The summed E-state index contributed by atoms with van der Waals surface area (Å²) in [5.74, 6) is -0.574. The van der Waals surface area contributed by atoms with Gasteiger partial charge in [-0.3, -0.25) is 14.5 Å². The van der Waals surface area contributed by atoms with Gasteiger partial charge in [0.25, 0.3) is 11.8 Å². The summed E-state index contributed by atoms with van der Waals surface area (Å²) < 4.78 is 2.05. The first-order chi connectivity index (χ1) is 16.1. The lowest BCUT2D eigenvalue weighted by Gasteiger charge is -2.12. The zero-order valence-electron chi connectivity index (χ0n) is 17.7. The maximum Gasteiger partial charge on any atom is 0.263 e. The van der Waals surface area contributed by atoms with Crippen LogP contribution in [-0.2, 0) is 0 Å². The van der Waals surface area contributed by atoms with Crippen molar-refractivity contribution in [1.29, 1.82) is 0 Å². The number of hydrogen-bond donors (Lipinski definition) is 0. The van der Waals surface area contributed by atoms with Crippen molar-refractivity contribution >= 4 is 39.3 Å². The molecule has 1 aliphatic heterocycles. The van der Waals surface area contributed by atoms with E-state index >= 15 is 0 Å². The summed E-state index contributed by atoms with van der Waals surface area (Å²) in [6, 6.07) is 27.1. The molecule has 4 aromatic carbocycles. The van der Waals surface area contributed by atoms with E-state index in [1.165, 1.54) is 11.9 Å². The fraction of sp³-hybridized carbons (Fsp3) is 0.0357. The highest BCUT2D eigenvalue weighted by atomic mass is 16.2. The Morgan fingerprint density at radius 3 is 2.30 bits per heavy atom. The number of amides is 2. The summed E-state index contributed by atoms with van der Waals surface area (Å²) in [4.78, 5) is 30.4. The number of para-hydroxylation sites is 2. The molecule has 0 saturated heterocycles. The summed E-state index contributed by atoms with van der Waals surface area (Å²) in [5.41, 5.74) is 5.87. The Balaban J connectivity index is 1.69. The molecule has 0 N–H and O–H groups in total. The molecule has 5 aromatic rings. The Hall–Kier alpha value is -4.69. The van der Waals surface area contributed by atoms with E-state index in [0.29, 0.717) is 22.5 Å². The second kappa shape index (κ2) is 6.91. The van der Waals surface area contributed by atoms with Gasteiger partial charge in [-0.25, -0.2) is 4.85 Å². The van der Waals surface area contributed by atoms with Crippen LogP contribution < -0.4 is 0 Å². The summed E-state index contributed by atoms with van der Waals surface area (Å²) in [5, 5.41) is 2.06. The highest BCUT2D eigenvalue weighted by molar-refractivity contribution is 6.23. The van der Waals surface area contributed by atoms with Gasteiger partial charge in [0.1, 0.15) is 0 Å². The third-order valence-corrected chi connectivity index (χ3v) is 6.34. The van der Waals surface area contributed by atoms with Crippen molar-refractivity contribution in [2.75, 3.05) is 7.05 Å². The van der Waals surface area contributed by atoms with Crippen LogP contribution in [0.5, 0.6) is 0 Å². The molecule has 5 nitrogen and oxygen atoms in total. The third-order valence-electron chi connectivity index (χ3n) is 6.34. The van der Waals surface area contributed by atoms with Gasteiger partial charge >= 0.3 is 0 Å². The number of aromatic nitrogens is 1. The second-order valence-corrected chi connectivity index (χ2v) is 8.08. The standard InChI is InChI=1S/C28H17N3O2/c1-29-22-11-5-3-8-18(22)17-14-15-24-21(16-17)19-9-4-6-12-23(19)31(24)25-13-7-10-20-26(25)28(33)30(2)27(20)32/h3-16H,2H3. The maximum atomic E-state index is 13.0. The molecule has 0 bridgehead atoms. The molecule has 2 heterocycles. The number of hydrogen-bond acceptors (Lipinski definition) is 2. The fourth-order valence-electron chi connectivity index (χ4n) is 4.79. The maximum absolute atomic E-state index is 13.0. The third kappa shape index (κ3) is 2.58. The molecular formula is C28H17N3O2. The van der Waals surface area contributed by atoms with Crippen LogP contribution in [0.3, 0.4) is 0 Å². The highest BCUT2D eigenvalue weighted by Gasteiger charge is 2.35. The lowest BCUT2D eigenvalue weighted by molar-refractivity contribution is 0.0693. The monoisotopic (exact) mass is 427 g/mol. The molecule has 5 heteroatoms. The number of benzene rings is 4. The number of imide groups is 1. The molecule has 1 aromatic heterocycles. The van der Waals surface area contributed by atoms with Gasteiger partial charge in [-0.15, -0.1) is 0 Å². The predicted molar refractivity (Wildman–Crippen MR) is 129 cm³/mol. The Morgan fingerprint density at radius 1 is 0.727 bits per heavy atom. The lowest BCUT2D eigenvalue weighted by Crippen LogP contribution is -2.24. The van der Waals surface area contributed by atoms with Crippen molar-refractivity contribution in [2.24, 2.45) is 0 Å². The van der Waals surface area contributed by atoms with Crippen LogP contribution in [0.1, 0.15) is 20.7 Å². The van der Waals surface area contributed by atoms with Gasteiger partial charge in [0.15, 0.2) is 5.69 Å². The minimum absolute atomic E-state index is 0.282. The van der Waals surface area contributed by atoms with Gasteiger partial charge in [0.05, 0.1) is 34.4 Å². The quantitative estimate of drug-likeness (QED) is 0.248. The first-order valence-corrected chi connectivity index (χ1v) is 10.6. The Bertz CT molecular complexity index is 1690. The molecule has 2 amide bonds. The average molecular weight is 427 g/mol. The normalized spacial score (nSPS) is 13.0. The average Bonchev–Trinajstić information content (AvgIpc) is 3.31. The van der Waals surface area contributed by atoms with Crippen molar-refractivity contribution in [3.8, 4) is 16.8 Å². The predicted octanol–water partition coefficient (Wildman–Crippen LogP) is 6.23. The van der Waals surface area contributed by atoms with Crippen molar-refractivity contribution < 1.29 is 9.59 Å². The first-order valence-electron chi connectivity index (χ1n) is 10.6. The van der Waals surface area contributed by atoms with Crippen LogP contribution in [0.25, 0.3) is 43.5 Å². The van der Waals surface area contributed by atoms with Crippen LogP contribution in [0.2, 0.25) is 0 Å². The first kappa shape index (κ1) is 19.0. The number of nitrogens with zero attached hydrogens (tertiary/aromatic N) is 3. The van der Waals surface area contributed by atoms with Gasteiger partial charge in [0, 0.05) is 17.8 Å². The van der Waals surface area contributed by atoms with E-state index in [1.807, 2.05) is 66.7 Å². The molecular weight excluding hydrogens is 410 g/mol. The van der Waals surface area contributed by atoms with Crippen LogP contribution in [-0.4, -0.2) is 28.3 Å². The minimum Gasteiger partial charge on any atom is -0.308 e. The summed E-state index contributed by atoms with van der Waals surface area (Å²) in [6.07, 6.45) is 0. The Kier molecular flexibility index (Phi) is 3.98. The number of rotatable bonds is 2. The fourth-order valence-corrected chi connectivity index (χ4v) is 4.79. The number of carbonyl (C=O) groups is 2. The highest BCUT2D eigenvalue weighted by Crippen LogP contribution is 2.39. The van der Waals surface area contributed by atoms with Crippen molar-refractivity contribution in [1.82, 2.24) is 9.47 Å². The molecule has 0 unspecified atom stereocenters. The van der Waals surface area contributed by atoms with E-state index in [1.54, 1.807) is 6.07 Å². The molecule has 33 heavy (non-hydrogen) atoms. The zero-order chi connectivity index (χ0) is 22.7. The molecule has 0 saturated carbocycles. The molecule has 0 spiro atoms. The van der Waals surface area contributed by atoms with Crippen LogP contribution >= 0.6 is 0 Å². The largest absolute Gasteiger partial charge is 0.308 e. The molecule has 0 radical (unpaired) electrons. The summed E-state index contributed by atoms with van der Waals surface area (Å²) in [6.45, 7) is 7.52. The van der Waals surface area contributed by atoms with E-state index in [-0.39, 0.29) is 11.8 Å². The molecule has 0 fully saturated rings. The molecule has 6 rings (SSSR count). The Labute approximate surface area is 189 Å². The van der Waals surface area contributed by atoms with E-state index in [4.69, 9.17) is 6.57 Å². The van der Waals surface area contributed by atoms with E-state index < -0.39 is 0 Å². The van der Waals surface area contributed by atoms with Crippen molar-refractivity contribution in [3.05, 3.63) is 107 Å². The Morgan fingerprint density at radius 2 is 1.45 bits per heavy atom. The summed E-state index contributed by atoms with van der Waals surface area (Å²) in [7, 11) is 1.52. The van der Waals surface area contributed by atoms with E-state index in [0.717, 1.165) is 32.9 Å². The van der Waals surface area contributed by atoms with Gasteiger partial charge < -0.3 is 4.57 Å². The van der Waals surface area contributed by atoms with Crippen molar-refractivity contribution in [2.45, 2.75) is 0 Å². The second-order valence-electron chi connectivity index (χ2n) is 8.08. The minimum atomic E-state index is -0.292. The van der Waals surface area contributed by atoms with Crippen LogP contribution in [0, 0.1) is 6.57 Å². The molecule has 156 valence electrons. The molecule has 1 aliphatic rings. The van der Waals surface area contributed by atoms with Crippen molar-refractivity contribution in [3.63, 3.8) is 0 Å². The van der Waals surface area contributed by atoms with Crippen LogP contribution in [0.15, 0.2) is 84.9 Å². The van der Waals surface area contributed by atoms with Crippen LogP contribution in [0.4, 0.5) is 5.69 Å².